The molecule has 0 bridgehead atoms. The minimum absolute atomic E-state index is 0. The van der Waals surface area contributed by atoms with Crippen LogP contribution in [0, 0.1) is 0 Å². The van der Waals surface area contributed by atoms with Gasteiger partial charge < -0.3 is 9.90 Å². The number of carbonyl (C=O) groups is 1. The summed E-state index contributed by atoms with van der Waals surface area (Å²) >= 11 is 9.35. The van der Waals surface area contributed by atoms with E-state index in [2.05, 4.69) is 20.9 Å². The van der Waals surface area contributed by atoms with E-state index in [1.54, 1.807) is 24.4 Å². The average Bonchev–Trinajstić information content (AvgIpc) is 2.38. The van der Waals surface area contributed by atoms with Crippen LogP contribution in [0.5, 0.6) is 0 Å². The molecule has 0 radical (unpaired) electrons. The Bertz CT molecular complexity index is 838. The van der Waals surface area contributed by atoms with Crippen LogP contribution >= 0.6 is 27.5 Å². The van der Waals surface area contributed by atoms with Crippen LogP contribution < -0.4 is 34.7 Å². The van der Waals surface area contributed by atoms with Crippen LogP contribution in [-0.4, -0.2) is 11.0 Å². The molecule has 94 valence electrons. The van der Waals surface area contributed by atoms with Gasteiger partial charge in [-0.1, -0.05) is 39.7 Å². The maximum atomic E-state index is 10.9. The van der Waals surface area contributed by atoms with Gasteiger partial charge in [0, 0.05) is 21.4 Å². The van der Waals surface area contributed by atoms with Gasteiger partial charge in [0.25, 0.3) is 0 Å². The number of carboxylic acid groups (broad SMARTS) is 1. The molecular weight excluding hydrogens is 353 g/mol. The molecule has 3 aromatic rings. The predicted molar refractivity (Wildman–Crippen MR) is 76.3 cm³/mol. The van der Waals surface area contributed by atoms with Crippen molar-refractivity contribution in [2.45, 2.75) is 0 Å². The van der Waals surface area contributed by atoms with Gasteiger partial charge in [-0.3, -0.25) is 0 Å². The van der Waals surface area contributed by atoms with E-state index in [-0.39, 0.29) is 35.1 Å². The molecule has 0 atom stereocenters. The molecule has 1 heterocycles. The smallest absolute Gasteiger partial charge is 0.545 e. The van der Waals surface area contributed by atoms with Crippen molar-refractivity contribution in [3.63, 3.8) is 0 Å². The van der Waals surface area contributed by atoms with Crippen molar-refractivity contribution in [3.8, 4) is 0 Å². The molecule has 20 heavy (non-hydrogen) atoms. The normalized spacial score (nSPS) is 10.5. The zero-order chi connectivity index (χ0) is 13.6. The zero-order valence-corrected chi connectivity index (χ0v) is 14.8. The Morgan fingerprint density at radius 1 is 1.15 bits per heavy atom. The van der Waals surface area contributed by atoms with Crippen molar-refractivity contribution in [3.05, 3.63) is 51.7 Å². The van der Waals surface area contributed by atoms with Crippen LogP contribution in [0.3, 0.4) is 0 Å². The van der Waals surface area contributed by atoms with Crippen molar-refractivity contribution >= 4 is 55.0 Å². The van der Waals surface area contributed by atoms with Gasteiger partial charge in [-0.05, 0) is 34.5 Å². The minimum atomic E-state index is -1.19. The Kier molecular flexibility index (Phi) is 4.72. The molecule has 0 fully saturated rings. The second-order valence-corrected chi connectivity index (χ2v) is 5.38. The van der Waals surface area contributed by atoms with Gasteiger partial charge in [0.2, 0.25) is 0 Å². The van der Waals surface area contributed by atoms with E-state index in [0.29, 0.717) is 5.15 Å². The number of carbonyl (C=O) groups excluding carboxylic acids is 1. The number of halogens is 2. The number of aromatic nitrogens is 1. The van der Waals surface area contributed by atoms with Crippen LogP contribution in [0.4, 0.5) is 0 Å². The van der Waals surface area contributed by atoms with Gasteiger partial charge in [0.05, 0.1) is 5.97 Å². The van der Waals surface area contributed by atoms with Gasteiger partial charge in [-0.2, -0.15) is 0 Å². The van der Waals surface area contributed by atoms with E-state index < -0.39 is 5.97 Å². The molecule has 0 saturated carbocycles. The van der Waals surface area contributed by atoms with Crippen LogP contribution in [0.1, 0.15) is 10.4 Å². The zero-order valence-electron chi connectivity index (χ0n) is 10.5. The summed E-state index contributed by atoms with van der Waals surface area (Å²) in [5.74, 6) is -1.19. The first-order chi connectivity index (χ1) is 9.06. The Hall–Kier alpha value is -0.650. The van der Waals surface area contributed by atoms with Crippen molar-refractivity contribution in [1.29, 1.82) is 0 Å². The van der Waals surface area contributed by atoms with E-state index >= 15 is 0 Å². The third kappa shape index (κ3) is 2.71. The first-order valence-electron chi connectivity index (χ1n) is 5.45. The number of pyridine rings is 1. The Morgan fingerprint density at radius 2 is 1.90 bits per heavy atom. The largest absolute Gasteiger partial charge is 1.00 e. The van der Waals surface area contributed by atoms with E-state index in [1.807, 2.05) is 6.07 Å². The molecule has 0 aliphatic rings. The maximum Gasteiger partial charge on any atom is 1.00 e. The number of nitrogens with zero attached hydrogens (tertiary/aromatic N) is 1. The number of carboxylic acids is 1. The predicted octanol–water partition coefficient (Wildman–Crippen LogP) is 0.171. The first-order valence-corrected chi connectivity index (χ1v) is 6.62. The summed E-state index contributed by atoms with van der Waals surface area (Å²) in [6.45, 7) is 0. The topological polar surface area (TPSA) is 53.0 Å². The SMILES string of the molecule is O=C([O-])c1ccc2c(c1)cc(Br)c1cc(Cl)ncc12.[Na+]. The molecule has 3 rings (SSSR count). The van der Waals surface area contributed by atoms with Crippen LogP contribution in [0.25, 0.3) is 21.5 Å². The second kappa shape index (κ2) is 6.00. The molecule has 0 aliphatic carbocycles. The number of hydrogen-bond donors (Lipinski definition) is 0. The van der Waals surface area contributed by atoms with Gasteiger partial charge in [-0.25, -0.2) is 4.98 Å². The first kappa shape index (κ1) is 15.7. The van der Waals surface area contributed by atoms with E-state index in [1.165, 1.54) is 6.07 Å². The third-order valence-electron chi connectivity index (χ3n) is 2.99. The molecule has 0 saturated heterocycles. The summed E-state index contributed by atoms with van der Waals surface area (Å²) < 4.78 is 0.842. The van der Waals surface area contributed by atoms with Gasteiger partial charge in [0.1, 0.15) is 5.15 Å². The Labute approximate surface area is 150 Å². The van der Waals surface area contributed by atoms with E-state index in [9.17, 15) is 9.90 Å². The number of aromatic carboxylic acids is 1. The van der Waals surface area contributed by atoms with Crippen molar-refractivity contribution in [1.82, 2.24) is 4.98 Å². The Morgan fingerprint density at radius 3 is 2.60 bits per heavy atom. The number of rotatable bonds is 1. The van der Waals surface area contributed by atoms with Gasteiger partial charge in [0.15, 0.2) is 0 Å². The molecule has 2 aromatic carbocycles. The number of hydrogen-bond acceptors (Lipinski definition) is 3. The fourth-order valence-electron chi connectivity index (χ4n) is 2.11. The van der Waals surface area contributed by atoms with Crippen molar-refractivity contribution < 1.29 is 39.5 Å². The molecule has 0 spiro atoms. The maximum absolute atomic E-state index is 10.9. The Balaban J connectivity index is 0.00000147. The number of fused-ring (bicyclic) bond motifs is 3. The fourth-order valence-corrected chi connectivity index (χ4v) is 2.84. The minimum Gasteiger partial charge on any atom is -0.545 e. The van der Waals surface area contributed by atoms with Gasteiger partial charge >= 0.3 is 29.6 Å². The molecule has 1 aromatic heterocycles. The molecule has 0 amide bonds. The molecular formula is C14H6BrClNNaO2. The quantitative estimate of drug-likeness (QED) is 0.354. The third-order valence-corrected chi connectivity index (χ3v) is 3.85. The molecule has 3 nitrogen and oxygen atoms in total. The van der Waals surface area contributed by atoms with E-state index in [4.69, 9.17) is 11.6 Å². The monoisotopic (exact) mass is 357 g/mol. The van der Waals surface area contributed by atoms with Crippen LogP contribution in [-0.2, 0) is 0 Å². The van der Waals surface area contributed by atoms with Crippen molar-refractivity contribution in [2.75, 3.05) is 0 Å². The summed E-state index contributed by atoms with van der Waals surface area (Å²) in [6.07, 6.45) is 1.68. The standard InChI is InChI=1S/C14H7BrClNO2.Na/c15-12-4-8-3-7(14(18)19)1-2-9(8)11-6-17-13(16)5-10(11)12;/h1-6H,(H,18,19);/q;+1/p-1. The fraction of sp³-hybridized carbons (Fsp3) is 0. The summed E-state index contributed by atoms with van der Waals surface area (Å²) in [5, 5.41) is 14.9. The molecule has 0 unspecified atom stereocenters. The van der Waals surface area contributed by atoms with Crippen LogP contribution in [0.15, 0.2) is 41.0 Å². The summed E-state index contributed by atoms with van der Waals surface area (Å²) in [6, 6.07) is 8.50. The van der Waals surface area contributed by atoms with Gasteiger partial charge in [-0.15, -0.1) is 0 Å². The molecule has 0 N–H and O–H groups in total. The molecule has 0 aliphatic heterocycles. The summed E-state index contributed by atoms with van der Waals surface area (Å²) in [5.41, 5.74) is 0.153. The van der Waals surface area contributed by atoms with E-state index in [0.717, 1.165) is 26.0 Å². The molecule has 6 heteroatoms. The average molecular weight is 359 g/mol. The number of benzene rings is 2. The van der Waals surface area contributed by atoms with Crippen LogP contribution in [0.2, 0.25) is 5.15 Å². The van der Waals surface area contributed by atoms with Crippen molar-refractivity contribution in [2.24, 2.45) is 0 Å². The second-order valence-electron chi connectivity index (χ2n) is 4.13. The summed E-state index contributed by atoms with van der Waals surface area (Å²) in [4.78, 5) is 15.0. The summed E-state index contributed by atoms with van der Waals surface area (Å²) in [7, 11) is 0.